The number of rotatable bonds is 2. The Morgan fingerprint density at radius 2 is 1.76 bits per heavy atom. The molecule has 0 amide bonds. The quantitative estimate of drug-likeness (QED) is 0.783. The smallest absolute Gasteiger partial charge is 0.0769 e. The molecule has 2 rings (SSSR count). The van der Waals surface area contributed by atoms with Crippen molar-refractivity contribution >= 4 is 14.5 Å². The van der Waals surface area contributed by atoms with Crippen LogP contribution in [0.15, 0.2) is 29.5 Å². The highest BCUT2D eigenvalue weighted by Crippen LogP contribution is 2.33. The number of allylic oxidation sites excluding steroid dienone is 1. The van der Waals surface area contributed by atoms with Gasteiger partial charge < -0.3 is 5.32 Å². The molecular weight excluding hydrogens is 222 g/mol. The van der Waals surface area contributed by atoms with E-state index in [1.54, 1.807) is 5.20 Å². The molecule has 17 heavy (non-hydrogen) atoms. The van der Waals surface area contributed by atoms with Gasteiger partial charge in [-0.3, -0.25) is 0 Å². The second-order valence-electron chi connectivity index (χ2n) is 6.06. The minimum Gasteiger partial charge on any atom is -0.380 e. The molecule has 0 aliphatic heterocycles. The molecule has 1 radical (unpaired) electrons. The highest BCUT2D eigenvalue weighted by Gasteiger charge is 2.25. The van der Waals surface area contributed by atoms with Gasteiger partial charge in [-0.2, -0.15) is 0 Å². The van der Waals surface area contributed by atoms with Crippen LogP contribution in [-0.4, -0.2) is 14.3 Å². The SMILES string of the molecule is C[Si](C)C1=C(NC(C)(C)C)c2ccccc2C1. The van der Waals surface area contributed by atoms with E-state index in [-0.39, 0.29) is 14.3 Å². The van der Waals surface area contributed by atoms with Gasteiger partial charge in [-0.1, -0.05) is 42.6 Å². The average molecular weight is 244 g/mol. The molecule has 1 nitrogen and oxygen atoms in total. The molecule has 1 aliphatic carbocycles. The molecular formula is C15H22NSi. The van der Waals surface area contributed by atoms with Gasteiger partial charge >= 0.3 is 0 Å². The number of hydrogen-bond acceptors (Lipinski definition) is 1. The number of benzene rings is 1. The Morgan fingerprint density at radius 3 is 2.35 bits per heavy atom. The van der Waals surface area contributed by atoms with Crippen LogP contribution in [0.25, 0.3) is 5.70 Å². The normalized spacial score (nSPS) is 15.4. The fourth-order valence-corrected chi connectivity index (χ4v) is 3.55. The lowest BCUT2D eigenvalue weighted by atomic mass is 10.1. The van der Waals surface area contributed by atoms with Crippen molar-refractivity contribution in [2.45, 2.75) is 45.8 Å². The van der Waals surface area contributed by atoms with Gasteiger partial charge in [0.1, 0.15) is 0 Å². The van der Waals surface area contributed by atoms with E-state index in [1.807, 2.05) is 0 Å². The maximum atomic E-state index is 3.71. The lowest BCUT2D eigenvalue weighted by molar-refractivity contribution is 0.501. The van der Waals surface area contributed by atoms with Crippen molar-refractivity contribution in [3.8, 4) is 0 Å². The molecule has 0 aromatic heterocycles. The number of fused-ring (bicyclic) bond motifs is 1. The minimum absolute atomic E-state index is 0.134. The first-order chi connectivity index (χ1) is 7.88. The summed E-state index contributed by atoms with van der Waals surface area (Å²) in [6.07, 6.45) is 1.15. The lowest BCUT2D eigenvalue weighted by Gasteiger charge is -2.25. The summed E-state index contributed by atoms with van der Waals surface area (Å²) in [6.45, 7) is 11.5. The van der Waals surface area contributed by atoms with Crippen molar-refractivity contribution in [2.24, 2.45) is 0 Å². The predicted molar refractivity (Wildman–Crippen MR) is 77.4 cm³/mol. The van der Waals surface area contributed by atoms with Crippen LogP contribution in [0.1, 0.15) is 31.9 Å². The van der Waals surface area contributed by atoms with Gasteiger partial charge in [0.2, 0.25) is 0 Å². The Bertz CT molecular complexity index is 452. The van der Waals surface area contributed by atoms with Crippen LogP contribution in [0, 0.1) is 0 Å². The standard InChI is InChI=1S/C15H22NSi/c1-15(2,3)16-14-12-9-7-6-8-11(12)10-13(14)17(4)5/h6-9,16H,10H2,1-5H3. The maximum Gasteiger partial charge on any atom is 0.0769 e. The summed E-state index contributed by atoms with van der Waals surface area (Å²) in [5.41, 5.74) is 4.45. The summed E-state index contributed by atoms with van der Waals surface area (Å²) in [5, 5.41) is 5.36. The molecule has 1 N–H and O–H groups in total. The van der Waals surface area contributed by atoms with Crippen LogP contribution >= 0.6 is 0 Å². The van der Waals surface area contributed by atoms with Crippen molar-refractivity contribution < 1.29 is 0 Å². The lowest BCUT2D eigenvalue weighted by Crippen LogP contribution is -2.35. The fraction of sp³-hybridized carbons (Fsp3) is 0.467. The van der Waals surface area contributed by atoms with Gasteiger partial charge in [-0.05, 0) is 32.8 Å². The topological polar surface area (TPSA) is 12.0 Å². The van der Waals surface area contributed by atoms with E-state index < -0.39 is 0 Å². The van der Waals surface area contributed by atoms with E-state index >= 15 is 0 Å². The third kappa shape index (κ3) is 2.63. The molecule has 1 aliphatic rings. The Hall–Kier alpha value is -1.02. The minimum atomic E-state index is -0.381. The zero-order valence-corrected chi connectivity index (χ0v) is 12.5. The molecule has 0 unspecified atom stereocenters. The summed E-state index contributed by atoms with van der Waals surface area (Å²) in [7, 11) is -0.381. The molecule has 91 valence electrons. The van der Waals surface area contributed by atoms with Crippen LogP contribution in [-0.2, 0) is 6.42 Å². The zero-order chi connectivity index (χ0) is 12.6. The number of hydrogen-bond donors (Lipinski definition) is 1. The Kier molecular flexibility index (Phi) is 3.17. The molecule has 0 saturated carbocycles. The Morgan fingerprint density at radius 1 is 1.12 bits per heavy atom. The van der Waals surface area contributed by atoms with Crippen LogP contribution in [0.5, 0.6) is 0 Å². The monoisotopic (exact) mass is 244 g/mol. The molecule has 0 fully saturated rings. The van der Waals surface area contributed by atoms with E-state index in [0.29, 0.717) is 0 Å². The van der Waals surface area contributed by atoms with Gasteiger partial charge in [-0.15, -0.1) is 0 Å². The highest BCUT2D eigenvalue weighted by molar-refractivity contribution is 6.65. The zero-order valence-electron chi connectivity index (χ0n) is 11.5. The second-order valence-corrected chi connectivity index (χ2v) is 8.67. The van der Waals surface area contributed by atoms with Gasteiger partial charge in [0.05, 0.1) is 8.80 Å². The maximum absolute atomic E-state index is 3.71. The van der Waals surface area contributed by atoms with Gasteiger partial charge in [0.15, 0.2) is 0 Å². The van der Waals surface area contributed by atoms with Crippen LogP contribution < -0.4 is 5.32 Å². The second kappa shape index (κ2) is 4.34. The van der Waals surface area contributed by atoms with Crippen molar-refractivity contribution in [3.05, 3.63) is 40.6 Å². The van der Waals surface area contributed by atoms with Gasteiger partial charge in [0.25, 0.3) is 0 Å². The molecule has 1 aromatic carbocycles. The van der Waals surface area contributed by atoms with E-state index in [2.05, 4.69) is 63.4 Å². The highest BCUT2D eigenvalue weighted by atomic mass is 28.3. The van der Waals surface area contributed by atoms with Crippen LogP contribution in [0.4, 0.5) is 0 Å². The Balaban J connectivity index is 2.43. The van der Waals surface area contributed by atoms with Crippen molar-refractivity contribution in [1.29, 1.82) is 0 Å². The Labute approximate surface area is 107 Å². The summed E-state index contributed by atoms with van der Waals surface area (Å²) >= 11 is 0. The largest absolute Gasteiger partial charge is 0.380 e. The molecule has 1 aromatic rings. The molecule has 2 heteroatoms. The van der Waals surface area contributed by atoms with Crippen LogP contribution in [0.3, 0.4) is 0 Å². The van der Waals surface area contributed by atoms with E-state index in [4.69, 9.17) is 0 Å². The summed E-state index contributed by atoms with van der Waals surface area (Å²) in [4.78, 5) is 0. The van der Waals surface area contributed by atoms with E-state index in [0.717, 1.165) is 6.42 Å². The third-order valence-electron chi connectivity index (χ3n) is 3.06. The summed E-state index contributed by atoms with van der Waals surface area (Å²) in [5.74, 6) is 0. The average Bonchev–Trinajstić information content (AvgIpc) is 2.55. The number of nitrogens with one attached hydrogen (secondary N) is 1. The molecule has 0 atom stereocenters. The van der Waals surface area contributed by atoms with Crippen molar-refractivity contribution in [2.75, 3.05) is 0 Å². The fourth-order valence-electron chi connectivity index (χ4n) is 2.30. The molecule has 0 heterocycles. The van der Waals surface area contributed by atoms with Crippen molar-refractivity contribution in [1.82, 2.24) is 5.32 Å². The van der Waals surface area contributed by atoms with Gasteiger partial charge in [0, 0.05) is 16.8 Å². The van der Waals surface area contributed by atoms with Crippen LogP contribution in [0.2, 0.25) is 13.1 Å². The first kappa shape index (κ1) is 12.4. The first-order valence-corrected chi connectivity index (χ1v) is 8.78. The molecule has 0 spiro atoms. The molecule has 0 saturated heterocycles. The molecule has 0 bridgehead atoms. The predicted octanol–water partition coefficient (Wildman–Crippen LogP) is 3.64. The third-order valence-corrected chi connectivity index (χ3v) is 4.69. The first-order valence-electron chi connectivity index (χ1n) is 6.28. The van der Waals surface area contributed by atoms with E-state index in [1.165, 1.54) is 16.8 Å². The van der Waals surface area contributed by atoms with E-state index in [9.17, 15) is 0 Å². The van der Waals surface area contributed by atoms with Crippen molar-refractivity contribution in [3.63, 3.8) is 0 Å². The summed E-state index contributed by atoms with van der Waals surface area (Å²) in [6, 6.07) is 8.80. The summed E-state index contributed by atoms with van der Waals surface area (Å²) < 4.78 is 0. The van der Waals surface area contributed by atoms with Gasteiger partial charge in [-0.25, -0.2) is 0 Å².